The number of hydrogen-bond donors (Lipinski definition) is 2. The van der Waals surface area contributed by atoms with Gasteiger partial charge in [0.05, 0.1) is 17.4 Å². The summed E-state index contributed by atoms with van der Waals surface area (Å²) < 4.78 is 0. The predicted molar refractivity (Wildman–Crippen MR) is 125 cm³/mol. The molecule has 1 fully saturated rings. The molecule has 0 aliphatic heterocycles. The second-order valence-electron chi connectivity index (χ2n) is 8.08. The van der Waals surface area contributed by atoms with E-state index in [0.717, 1.165) is 24.4 Å². The molecule has 2 N–H and O–H groups in total. The lowest BCUT2D eigenvalue weighted by atomic mass is 9.76. The van der Waals surface area contributed by atoms with Crippen LogP contribution in [0.2, 0.25) is 0 Å². The summed E-state index contributed by atoms with van der Waals surface area (Å²) in [7, 11) is 1.88. The Bertz CT molecular complexity index is 1050. The van der Waals surface area contributed by atoms with E-state index in [-0.39, 0.29) is 5.41 Å². The Morgan fingerprint density at radius 1 is 0.839 bits per heavy atom. The fourth-order valence-corrected chi connectivity index (χ4v) is 4.61. The minimum atomic E-state index is -0.579. The van der Waals surface area contributed by atoms with Gasteiger partial charge >= 0.3 is 0 Å². The van der Waals surface area contributed by atoms with Gasteiger partial charge in [0.25, 0.3) is 0 Å². The summed E-state index contributed by atoms with van der Waals surface area (Å²) in [5, 5.41) is 3.95. The van der Waals surface area contributed by atoms with Gasteiger partial charge in [0.15, 0.2) is 0 Å². The minimum absolute atomic E-state index is 0.168. The van der Waals surface area contributed by atoms with Crippen molar-refractivity contribution in [2.75, 3.05) is 7.05 Å². The van der Waals surface area contributed by atoms with Crippen molar-refractivity contribution >= 4 is 5.84 Å². The van der Waals surface area contributed by atoms with Gasteiger partial charge in [-0.1, -0.05) is 91.0 Å². The maximum atomic E-state index is 4.79. The van der Waals surface area contributed by atoms with E-state index in [4.69, 9.17) is 4.99 Å². The standard InChI is InChI=1S/C27H26N4/c1-28-25(26(17-18-26)24-19-29-20-30-24)31-27(21-11-5-2-6-12-21,22-13-7-3-8-14-22)23-15-9-4-10-16-23/h2-16,19-20H,17-18H2,1H3,(H,28,31)(H,29,30). The van der Waals surface area contributed by atoms with Crippen LogP contribution in [0.5, 0.6) is 0 Å². The van der Waals surface area contributed by atoms with Crippen LogP contribution < -0.4 is 5.32 Å². The smallest absolute Gasteiger partial charge is 0.115 e. The zero-order chi connectivity index (χ0) is 21.2. The van der Waals surface area contributed by atoms with Gasteiger partial charge < -0.3 is 10.3 Å². The van der Waals surface area contributed by atoms with Gasteiger partial charge in [0.1, 0.15) is 11.4 Å². The third kappa shape index (κ3) is 3.25. The molecule has 0 amide bonds. The zero-order valence-electron chi connectivity index (χ0n) is 17.6. The van der Waals surface area contributed by atoms with Crippen molar-refractivity contribution in [2.45, 2.75) is 23.8 Å². The van der Waals surface area contributed by atoms with E-state index >= 15 is 0 Å². The number of benzene rings is 3. The van der Waals surface area contributed by atoms with Crippen LogP contribution in [0.3, 0.4) is 0 Å². The highest BCUT2D eigenvalue weighted by Gasteiger charge is 2.53. The number of hydrogen-bond acceptors (Lipinski definition) is 2. The number of imidazole rings is 1. The summed E-state index contributed by atoms with van der Waals surface area (Å²) in [5.74, 6) is 0.969. The fourth-order valence-electron chi connectivity index (χ4n) is 4.61. The third-order valence-electron chi connectivity index (χ3n) is 6.34. The quantitative estimate of drug-likeness (QED) is 0.267. The first-order valence-corrected chi connectivity index (χ1v) is 10.7. The van der Waals surface area contributed by atoms with E-state index in [9.17, 15) is 0 Å². The number of nitrogens with zero attached hydrogens (tertiary/aromatic N) is 2. The van der Waals surface area contributed by atoms with E-state index < -0.39 is 5.54 Å². The zero-order valence-corrected chi connectivity index (χ0v) is 17.6. The molecule has 4 nitrogen and oxygen atoms in total. The Morgan fingerprint density at radius 3 is 1.68 bits per heavy atom. The Balaban J connectivity index is 1.73. The number of aromatic amines is 1. The van der Waals surface area contributed by atoms with Crippen LogP contribution in [-0.4, -0.2) is 22.9 Å². The molecule has 0 unspecified atom stereocenters. The SMILES string of the molecule is C/N=C(/NC(c1ccccc1)(c1ccccc1)c1ccccc1)C1(c2c[nH]cn2)CC1. The maximum Gasteiger partial charge on any atom is 0.115 e. The van der Waals surface area contributed by atoms with Crippen LogP contribution in [0.4, 0.5) is 0 Å². The molecule has 31 heavy (non-hydrogen) atoms. The lowest BCUT2D eigenvalue weighted by molar-refractivity contribution is 0.557. The molecule has 154 valence electrons. The van der Waals surface area contributed by atoms with E-state index in [0.29, 0.717) is 0 Å². The van der Waals surface area contributed by atoms with Crippen LogP contribution in [0.1, 0.15) is 35.2 Å². The van der Waals surface area contributed by atoms with Crippen LogP contribution in [0.15, 0.2) is 109 Å². The third-order valence-corrected chi connectivity index (χ3v) is 6.34. The molecule has 1 heterocycles. The van der Waals surface area contributed by atoms with Crippen molar-refractivity contribution in [3.8, 4) is 0 Å². The number of aromatic nitrogens is 2. The number of amidine groups is 1. The maximum absolute atomic E-state index is 4.79. The average Bonchev–Trinajstić information content (AvgIpc) is 3.46. The normalized spacial score (nSPS) is 15.5. The average molecular weight is 407 g/mol. The highest BCUT2D eigenvalue weighted by Crippen LogP contribution is 2.49. The minimum Gasteiger partial charge on any atom is -0.356 e. The molecule has 0 spiro atoms. The molecule has 1 aromatic heterocycles. The summed E-state index contributed by atoms with van der Waals surface area (Å²) >= 11 is 0. The van der Waals surface area contributed by atoms with E-state index in [2.05, 4.69) is 106 Å². The number of nitrogens with one attached hydrogen (secondary N) is 2. The van der Waals surface area contributed by atoms with Crippen LogP contribution in [-0.2, 0) is 11.0 Å². The van der Waals surface area contributed by atoms with Crippen molar-refractivity contribution in [3.63, 3.8) is 0 Å². The molecule has 0 bridgehead atoms. The highest BCUT2D eigenvalue weighted by molar-refractivity contribution is 5.96. The number of aliphatic imine (C=N–C) groups is 1. The Hall–Kier alpha value is -3.66. The highest BCUT2D eigenvalue weighted by atomic mass is 15.1. The molecule has 1 aliphatic rings. The van der Waals surface area contributed by atoms with Crippen molar-refractivity contribution in [1.82, 2.24) is 15.3 Å². The lowest BCUT2D eigenvalue weighted by Crippen LogP contribution is -2.51. The molecule has 0 atom stereocenters. The summed E-state index contributed by atoms with van der Waals surface area (Å²) in [6, 6.07) is 31.9. The molecule has 5 rings (SSSR count). The molecule has 1 saturated carbocycles. The monoisotopic (exact) mass is 406 g/mol. The Morgan fingerprint density at radius 2 is 1.32 bits per heavy atom. The summed E-state index contributed by atoms with van der Waals surface area (Å²) in [4.78, 5) is 12.5. The van der Waals surface area contributed by atoms with Crippen molar-refractivity contribution in [2.24, 2.45) is 4.99 Å². The molecule has 0 radical (unpaired) electrons. The molecule has 4 aromatic rings. The van der Waals surface area contributed by atoms with Crippen molar-refractivity contribution in [1.29, 1.82) is 0 Å². The summed E-state index contributed by atoms with van der Waals surface area (Å²) in [6.07, 6.45) is 5.81. The second-order valence-corrected chi connectivity index (χ2v) is 8.08. The van der Waals surface area contributed by atoms with Gasteiger partial charge in [0.2, 0.25) is 0 Å². The topological polar surface area (TPSA) is 53.1 Å². The fraction of sp³-hybridized carbons (Fsp3) is 0.185. The van der Waals surface area contributed by atoms with E-state index in [1.165, 1.54) is 16.7 Å². The van der Waals surface area contributed by atoms with Crippen LogP contribution in [0, 0.1) is 0 Å². The van der Waals surface area contributed by atoms with Crippen molar-refractivity contribution < 1.29 is 0 Å². The number of rotatable bonds is 6. The largest absolute Gasteiger partial charge is 0.356 e. The first-order chi connectivity index (χ1) is 15.3. The van der Waals surface area contributed by atoms with Gasteiger partial charge in [-0.25, -0.2) is 4.98 Å². The van der Waals surface area contributed by atoms with Gasteiger partial charge in [-0.2, -0.15) is 0 Å². The molecule has 3 aromatic carbocycles. The Kier molecular flexibility index (Phi) is 4.91. The predicted octanol–water partition coefficient (Wildman–Crippen LogP) is 5.05. The van der Waals surface area contributed by atoms with E-state index in [1.54, 1.807) is 6.33 Å². The Labute approximate surface area is 183 Å². The first kappa shape index (κ1) is 19.3. The lowest BCUT2D eigenvalue weighted by Gasteiger charge is -2.39. The molecule has 0 saturated heterocycles. The second kappa shape index (κ2) is 7.88. The summed E-state index contributed by atoms with van der Waals surface area (Å²) in [6.45, 7) is 0. The van der Waals surface area contributed by atoms with Gasteiger partial charge in [-0.05, 0) is 29.5 Å². The number of H-pyrrole nitrogens is 1. The first-order valence-electron chi connectivity index (χ1n) is 10.7. The molecular weight excluding hydrogens is 380 g/mol. The van der Waals surface area contributed by atoms with Gasteiger partial charge in [0, 0.05) is 13.2 Å². The molecular formula is C27H26N4. The molecule has 1 aliphatic carbocycles. The van der Waals surface area contributed by atoms with Crippen molar-refractivity contribution in [3.05, 3.63) is 126 Å². The van der Waals surface area contributed by atoms with Crippen LogP contribution in [0.25, 0.3) is 0 Å². The van der Waals surface area contributed by atoms with E-state index in [1.807, 2.05) is 13.2 Å². The van der Waals surface area contributed by atoms with Gasteiger partial charge in [-0.3, -0.25) is 4.99 Å². The van der Waals surface area contributed by atoms with Crippen LogP contribution >= 0.6 is 0 Å². The summed E-state index contributed by atoms with van der Waals surface area (Å²) in [5.41, 5.74) is 3.82. The van der Waals surface area contributed by atoms with Gasteiger partial charge in [-0.15, -0.1) is 0 Å². The molecule has 4 heteroatoms.